The van der Waals surface area contributed by atoms with E-state index < -0.39 is 8.38 Å². The van der Waals surface area contributed by atoms with Gasteiger partial charge in [0, 0.05) is 6.16 Å². The molecular formula is C5H13O2P. The van der Waals surface area contributed by atoms with Gasteiger partial charge in [-0.3, -0.25) is 0 Å². The van der Waals surface area contributed by atoms with Gasteiger partial charge >= 0.3 is 0 Å². The van der Waals surface area contributed by atoms with Crippen molar-refractivity contribution in [2.45, 2.75) is 20.3 Å². The molecule has 8 heavy (non-hydrogen) atoms. The van der Waals surface area contributed by atoms with E-state index in [0.29, 0.717) is 6.61 Å². The van der Waals surface area contributed by atoms with E-state index in [0.717, 1.165) is 12.6 Å². The van der Waals surface area contributed by atoms with E-state index in [1.54, 1.807) is 0 Å². The highest BCUT2D eigenvalue weighted by atomic mass is 31.2. The summed E-state index contributed by atoms with van der Waals surface area (Å²) >= 11 is 0. The van der Waals surface area contributed by atoms with Crippen LogP contribution in [0.1, 0.15) is 20.3 Å². The first-order valence-corrected chi connectivity index (χ1v) is 4.30. The Kier molecular flexibility index (Phi) is 5.73. The third-order valence-electron chi connectivity index (χ3n) is 0.693. The molecule has 3 heteroatoms. The zero-order valence-electron chi connectivity index (χ0n) is 5.42. The standard InChI is InChI=1S/C5H13O2P/c1-3-5-8(6)7-4-2/h6H,3-5H2,1-2H3. The molecule has 0 rings (SSSR count). The largest absolute Gasteiger partial charge is 0.350 e. The van der Waals surface area contributed by atoms with Crippen LogP contribution in [0.25, 0.3) is 0 Å². The van der Waals surface area contributed by atoms with Crippen LogP contribution < -0.4 is 0 Å². The molecule has 0 heterocycles. The van der Waals surface area contributed by atoms with Crippen molar-refractivity contribution in [3.8, 4) is 0 Å². The van der Waals surface area contributed by atoms with Gasteiger partial charge < -0.3 is 9.42 Å². The molecule has 0 spiro atoms. The molecule has 0 radical (unpaired) electrons. The summed E-state index contributed by atoms with van der Waals surface area (Å²) in [5.74, 6) is 0. The first-order chi connectivity index (χ1) is 3.81. The molecule has 0 aliphatic heterocycles. The lowest BCUT2D eigenvalue weighted by molar-refractivity contribution is 0.329. The molecular weight excluding hydrogens is 123 g/mol. The molecule has 0 amide bonds. The van der Waals surface area contributed by atoms with Crippen molar-refractivity contribution in [2.75, 3.05) is 12.8 Å². The molecule has 0 bridgehead atoms. The van der Waals surface area contributed by atoms with Crippen molar-refractivity contribution < 1.29 is 9.42 Å². The second-order valence-electron chi connectivity index (χ2n) is 1.49. The van der Waals surface area contributed by atoms with E-state index in [9.17, 15) is 0 Å². The molecule has 0 fully saturated rings. The Morgan fingerprint density at radius 3 is 2.50 bits per heavy atom. The molecule has 0 aromatic rings. The van der Waals surface area contributed by atoms with Gasteiger partial charge in [-0.05, 0) is 13.3 Å². The van der Waals surface area contributed by atoms with E-state index in [4.69, 9.17) is 9.42 Å². The lowest BCUT2D eigenvalue weighted by Gasteiger charge is -2.05. The first-order valence-electron chi connectivity index (χ1n) is 2.90. The van der Waals surface area contributed by atoms with E-state index in [1.807, 2.05) is 13.8 Å². The summed E-state index contributed by atoms with van der Waals surface area (Å²) < 4.78 is 4.90. The lowest BCUT2D eigenvalue weighted by atomic mass is 10.6. The quantitative estimate of drug-likeness (QED) is 0.596. The Labute approximate surface area is 51.8 Å². The van der Waals surface area contributed by atoms with Gasteiger partial charge in [0.1, 0.15) is 0 Å². The molecule has 0 aliphatic rings. The van der Waals surface area contributed by atoms with Gasteiger partial charge in [-0.25, -0.2) is 0 Å². The Hall–Kier alpha value is 0.350. The van der Waals surface area contributed by atoms with Gasteiger partial charge in [-0.1, -0.05) is 6.92 Å². The summed E-state index contributed by atoms with van der Waals surface area (Å²) in [6, 6.07) is 0. The fourth-order valence-corrected chi connectivity index (χ4v) is 1.21. The second-order valence-corrected chi connectivity index (χ2v) is 2.90. The van der Waals surface area contributed by atoms with Crippen molar-refractivity contribution in [1.82, 2.24) is 0 Å². The van der Waals surface area contributed by atoms with Gasteiger partial charge in [0.25, 0.3) is 0 Å². The normalized spacial score (nSPS) is 13.9. The average Bonchev–Trinajstić information content (AvgIpc) is 1.68. The summed E-state index contributed by atoms with van der Waals surface area (Å²) in [6.07, 6.45) is 1.81. The highest BCUT2D eigenvalue weighted by Gasteiger charge is 1.98. The lowest BCUT2D eigenvalue weighted by Crippen LogP contribution is -1.86. The van der Waals surface area contributed by atoms with Gasteiger partial charge in [0.2, 0.25) is 0 Å². The van der Waals surface area contributed by atoms with Crippen LogP contribution in [0.4, 0.5) is 0 Å². The predicted octanol–water partition coefficient (Wildman–Crippen LogP) is 1.74. The minimum atomic E-state index is -1.08. The van der Waals surface area contributed by atoms with E-state index in [2.05, 4.69) is 0 Å². The van der Waals surface area contributed by atoms with Crippen LogP contribution in [0.15, 0.2) is 0 Å². The highest BCUT2D eigenvalue weighted by molar-refractivity contribution is 7.46. The van der Waals surface area contributed by atoms with Crippen LogP contribution in [0.2, 0.25) is 0 Å². The van der Waals surface area contributed by atoms with E-state index >= 15 is 0 Å². The minimum absolute atomic E-state index is 0.627. The maximum atomic E-state index is 8.89. The average molecular weight is 136 g/mol. The molecule has 1 atom stereocenters. The third-order valence-corrected chi connectivity index (χ3v) is 2.08. The summed E-state index contributed by atoms with van der Waals surface area (Å²) in [4.78, 5) is 8.89. The molecule has 0 saturated heterocycles. The number of hydrogen-bond acceptors (Lipinski definition) is 2. The van der Waals surface area contributed by atoms with Gasteiger partial charge in [0.15, 0.2) is 8.38 Å². The monoisotopic (exact) mass is 136 g/mol. The molecule has 0 aromatic carbocycles. The SMILES string of the molecule is CCCP(O)OCC. The third kappa shape index (κ3) is 4.51. The molecule has 0 saturated carbocycles. The summed E-state index contributed by atoms with van der Waals surface area (Å²) in [5, 5.41) is 0. The van der Waals surface area contributed by atoms with Crippen LogP contribution in [0.3, 0.4) is 0 Å². The van der Waals surface area contributed by atoms with Gasteiger partial charge in [0.05, 0.1) is 6.61 Å². The Bertz CT molecular complexity index is 43.7. The summed E-state index contributed by atoms with van der Waals surface area (Å²) in [7, 11) is -1.08. The predicted molar refractivity (Wildman–Crippen MR) is 35.9 cm³/mol. The number of rotatable bonds is 4. The molecule has 1 N–H and O–H groups in total. The molecule has 50 valence electrons. The van der Waals surface area contributed by atoms with Crippen LogP contribution in [-0.4, -0.2) is 17.7 Å². The van der Waals surface area contributed by atoms with Crippen LogP contribution in [-0.2, 0) is 4.52 Å². The van der Waals surface area contributed by atoms with Gasteiger partial charge in [-0.15, -0.1) is 0 Å². The smallest absolute Gasteiger partial charge is 0.167 e. The molecule has 0 aliphatic carbocycles. The van der Waals surface area contributed by atoms with Crippen molar-refractivity contribution in [3.63, 3.8) is 0 Å². The molecule has 0 aromatic heterocycles. The summed E-state index contributed by atoms with van der Waals surface area (Å²) in [5.41, 5.74) is 0. The van der Waals surface area contributed by atoms with Crippen LogP contribution in [0.5, 0.6) is 0 Å². The van der Waals surface area contributed by atoms with E-state index in [-0.39, 0.29) is 0 Å². The first kappa shape index (κ1) is 8.35. The Morgan fingerprint density at radius 2 is 2.12 bits per heavy atom. The second kappa shape index (κ2) is 5.49. The topological polar surface area (TPSA) is 29.5 Å². The molecule has 1 unspecified atom stereocenters. The number of hydrogen-bond donors (Lipinski definition) is 1. The van der Waals surface area contributed by atoms with Crippen molar-refractivity contribution in [1.29, 1.82) is 0 Å². The highest BCUT2D eigenvalue weighted by Crippen LogP contribution is 2.30. The zero-order chi connectivity index (χ0) is 6.41. The maximum Gasteiger partial charge on any atom is 0.167 e. The Morgan fingerprint density at radius 1 is 1.50 bits per heavy atom. The minimum Gasteiger partial charge on any atom is -0.350 e. The van der Waals surface area contributed by atoms with Crippen molar-refractivity contribution in [3.05, 3.63) is 0 Å². The van der Waals surface area contributed by atoms with Crippen molar-refractivity contribution >= 4 is 8.38 Å². The van der Waals surface area contributed by atoms with Crippen LogP contribution >= 0.6 is 8.38 Å². The maximum absolute atomic E-state index is 8.89. The fraction of sp³-hybridized carbons (Fsp3) is 1.00. The van der Waals surface area contributed by atoms with Gasteiger partial charge in [-0.2, -0.15) is 0 Å². The zero-order valence-corrected chi connectivity index (χ0v) is 6.32. The van der Waals surface area contributed by atoms with Crippen LogP contribution in [0, 0.1) is 0 Å². The fourth-order valence-electron chi connectivity index (χ4n) is 0.405. The molecule has 2 nitrogen and oxygen atoms in total. The summed E-state index contributed by atoms with van der Waals surface area (Å²) in [6.45, 7) is 4.55. The Balaban J connectivity index is 2.92. The van der Waals surface area contributed by atoms with Crippen molar-refractivity contribution in [2.24, 2.45) is 0 Å². The van der Waals surface area contributed by atoms with E-state index in [1.165, 1.54) is 0 Å².